The van der Waals surface area contributed by atoms with E-state index in [0.29, 0.717) is 17.2 Å². The third-order valence-corrected chi connectivity index (χ3v) is 3.84. The first kappa shape index (κ1) is 20.8. The third-order valence-electron chi connectivity index (χ3n) is 3.84. The number of ether oxygens (including phenoxy) is 4. The first-order chi connectivity index (χ1) is 13.4. The first-order valence-electron chi connectivity index (χ1n) is 9.42. The molecule has 0 unspecified atom stereocenters. The Morgan fingerprint density at radius 2 is 1.41 bits per heavy atom. The van der Waals surface area contributed by atoms with Crippen LogP contribution in [0.25, 0.3) is 0 Å². The van der Waals surface area contributed by atoms with Crippen molar-refractivity contribution in [2.24, 2.45) is 4.99 Å². The summed E-state index contributed by atoms with van der Waals surface area (Å²) in [5.74, 6) is 1.32. The van der Waals surface area contributed by atoms with Crippen LogP contribution in [0.3, 0.4) is 0 Å². The van der Waals surface area contributed by atoms with Gasteiger partial charge in [-0.25, -0.2) is 24.4 Å². The zero-order valence-electron chi connectivity index (χ0n) is 17.6. The molecule has 0 aliphatic carbocycles. The predicted molar refractivity (Wildman–Crippen MR) is 106 cm³/mol. The summed E-state index contributed by atoms with van der Waals surface area (Å²) in [6.45, 7) is 11.3. The van der Waals surface area contributed by atoms with Crippen LogP contribution in [0.4, 0.5) is 15.3 Å². The minimum atomic E-state index is -0.680. The van der Waals surface area contributed by atoms with Crippen molar-refractivity contribution in [3.8, 4) is 11.5 Å². The molecule has 2 amide bonds. The molecule has 158 valence electrons. The smallest absolute Gasteiger partial charge is 0.417 e. The van der Waals surface area contributed by atoms with Crippen LogP contribution in [0.1, 0.15) is 41.5 Å². The second-order valence-corrected chi connectivity index (χ2v) is 8.71. The number of carbonyl (C=O) groups excluding carboxylic acids is 2. The number of benzene rings is 1. The van der Waals surface area contributed by atoms with E-state index in [4.69, 9.17) is 18.9 Å². The van der Waals surface area contributed by atoms with Gasteiger partial charge in [-0.2, -0.15) is 0 Å². The van der Waals surface area contributed by atoms with Gasteiger partial charge >= 0.3 is 12.2 Å². The zero-order valence-corrected chi connectivity index (χ0v) is 17.6. The molecule has 2 aliphatic heterocycles. The van der Waals surface area contributed by atoms with E-state index in [1.165, 1.54) is 9.80 Å². The molecule has 1 fully saturated rings. The van der Waals surface area contributed by atoms with Crippen LogP contribution < -0.4 is 9.47 Å². The lowest BCUT2D eigenvalue weighted by Gasteiger charge is -2.27. The molecule has 0 aromatic heterocycles. The second kappa shape index (κ2) is 7.46. The van der Waals surface area contributed by atoms with Gasteiger partial charge in [-0.1, -0.05) is 0 Å². The lowest BCUT2D eigenvalue weighted by atomic mass is 10.2. The lowest BCUT2D eigenvalue weighted by molar-refractivity contribution is 0.0375. The van der Waals surface area contributed by atoms with Crippen LogP contribution >= 0.6 is 0 Å². The van der Waals surface area contributed by atoms with Crippen molar-refractivity contribution >= 4 is 23.8 Å². The predicted octanol–water partition coefficient (Wildman–Crippen LogP) is 3.89. The van der Waals surface area contributed by atoms with Crippen LogP contribution in [0, 0.1) is 0 Å². The van der Waals surface area contributed by atoms with Gasteiger partial charge in [0.1, 0.15) is 11.2 Å². The molecule has 0 bridgehead atoms. The summed E-state index contributed by atoms with van der Waals surface area (Å²) < 4.78 is 21.6. The molecule has 1 aromatic rings. The van der Waals surface area contributed by atoms with Gasteiger partial charge in [0.15, 0.2) is 11.5 Å². The molecule has 29 heavy (non-hydrogen) atoms. The van der Waals surface area contributed by atoms with E-state index in [9.17, 15) is 9.59 Å². The van der Waals surface area contributed by atoms with E-state index in [-0.39, 0.29) is 25.8 Å². The number of guanidine groups is 1. The van der Waals surface area contributed by atoms with Crippen LogP contribution in [0.2, 0.25) is 0 Å². The van der Waals surface area contributed by atoms with Crippen molar-refractivity contribution < 1.29 is 28.5 Å². The Labute approximate surface area is 170 Å². The number of carbonyl (C=O) groups is 2. The number of amides is 2. The summed E-state index contributed by atoms with van der Waals surface area (Å²) in [6, 6.07) is 5.14. The monoisotopic (exact) mass is 405 g/mol. The van der Waals surface area contributed by atoms with Crippen LogP contribution in [-0.4, -0.2) is 59.0 Å². The number of hydrogen-bond acceptors (Lipinski definition) is 7. The largest absolute Gasteiger partial charge is 0.454 e. The van der Waals surface area contributed by atoms with Crippen molar-refractivity contribution in [1.82, 2.24) is 9.80 Å². The third kappa shape index (κ3) is 5.10. The summed E-state index contributed by atoms with van der Waals surface area (Å²) in [6.07, 6.45) is -1.16. The molecule has 9 heteroatoms. The van der Waals surface area contributed by atoms with E-state index >= 15 is 0 Å². The lowest BCUT2D eigenvalue weighted by Crippen LogP contribution is -2.44. The highest BCUT2D eigenvalue weighted by atomic mass is 16.7. The fourth-order valence-corrected chi connectivity index (χ4v) is 2.72. The average Bonchev–Trinajstić information content (AvgIpc) is 3.17. The molecule has 0 atom stereocenters. The van der Waals surface area contributed by atoms with E-state index < -0.39 is 23.4 Å². The summed E-state index contributed by atoms with van der Waals surface area (Å²) in [4.78, 5) is 32.6. The maximum absolute atomic E-state index is 12.7. The molecule has 2 aliphatic rings. The fraction of sp³-hybridized carbons (Fsp3) is 0.550. The van der Waals surface area contributed by atoms with Crippen LogP contribution in [0.5, 0.6) is 11.5 Å². The van der Waals surface area contributed by atoms with E-state index in [1.807, 2.05) is 0 Å². The number of fused-ring (bicyclic) bond motifs is 1. The van der Waals surface area contributed by atoms with Gasteiger partial charge in [0, 0.05) is 6.07 Å². The van der Waals surface area contributed by atoms with Crippen molar-refractivity contribution in [2.75, 3.05) is 19.9 Å². The average molecular weight is 405 g/mol. The Morgan fingerprint density at radius 3 is 1.93 bits per heavy atom. The van der Waals surface area contributed by atoms with Gasteiger partial charge in [-0.15, -0.1) is 0 Å². The van der Waals surface area contributed by atoms with Gasteiger partial charge in [-0.05, 0) is 53.7 Å². The van der Waals surface area contributed by atoms with Gasteiger partial charge in [0.05, 0.1) is 18.8 Å². The Bertz CT molecular complexity index is 800. The van der Waals surface area contributed by atoms with Crippen molar-refractivity contribution in [3.63, 3.8) is 0 Å². The number of aliphatic imine (C=N–C) groups is 1. The van der Waals surface area contributed by atoms with Crippen LogP contribution in [0.15, 0.2) is 23.2 Å². The van der Waals surface area contributed by atoms with Gasteiger partial charge in [0.25, 0.3) is 0 Å². The minimum Gasteiger partial charge on any atom is -0.454 e. The molecular weight excluding hydrogens is 378 g/mol. The highest BCUT2D eigenvalue weighted by Crippen LogP contribution is 2.35. The number of rotatable bonds is 1. The molecule has 0 spiro atoms. The van der Waals surface area contributed by atoms with Gasteiger partial charge in [-0.3, -0.25) is 0 Å². The molecule has 1 aromatic carbocycles. The van der Waals surface area contributed by atoms with E-state index in [2.05, 4.69) is 4.99 Å². The van der Waals surface area contributed by atoms with Gasteiger partial charge < -0.3 is 18.9 Å². The summed E-state index contributed by atoms with van der Waals surface area (Å²) >= 11 is 0. The molecule has 0 radical (unpaired) electrons. The van der Waals surface area contributed by atoms with Crippen molar-refractivity contribution in [3.05, 3.63) is 18.2 Å². The maximum atomic E-state index is 12.7. The highest BCUT2D eigenvalue weighted by Gasteiger charge is 2.39. The molecule has 0 N–H and O–H groups in total. The normalized spacial score (nSPS) is 16.1. The molecule has 9 nitrogen and oxygen atoms in total. The molecule has 0 saturated carbocycles. The quantitative estimate of drug-likeness (QED) is 0.704. The Balaban J connectivity index is 1.93. The molecule has 2 heterocycles. The number of nitrogens with zero attached hydrogens (tertiary/aromatic N) is 3. The SMILES string of the molecule is CC(C)(C)OC(=O)N1CCN(C(=O)OC(C)(C)C)C1=Nc1ccc2c(c1)OCO2. The topological polar surface area (TPSA) is 89.9 Å². The Morgan fingerprint density at radius 1 is 0.897 bits per heavy atom. The van der Waals surface area contributed by atoms with Crippen LogP contribution in [-0.2, 0) is 9.47 Å². The van der Waals surface area contributed by atoms with Crippen molar-refractivity contribution in [2.45, 2.75) is 52.7 Å². The first-order valence-corrected chi connectivity index (χ1v) is 9.42. The highest BCUT2D eigenvalue weighted by molar-refractivity contribution is 6.04. The Hall–Kier alpha value is -2.97. The molecule has 3 rings (SSSR count). The molecular formula is C20H27N3O6. The number of hydrogen-bond donors (Lipinski definition) is 0. The standard InChI is InChI=1S/C20H27N3O6/c1-19(2,3)28-17(24)22-9-10-23(18(25)29-20(4,5)6)16(22)21-13-7-8-14-15(11-13)27-12-26-14/h7-8,11H,9-10,12H2,1-6H3. The van der Waals surface area contributed by atoms with Gasteiger partial charge in [0.2, 0.25) is 12.8 Å². The maximum Gasteiger partial charge on any atom is 0.417 e. The summed E-state index contributed by atoms with van der Waals surface area (Å²) in [5, 5.41) is 0. The zero-order chi connectivity index (χ0) is 21.4. The molecule has 1 saturated heterocycles. The fourth-order valence-electron chi connectivity index (χ4n) is 2.72. The van der Waals surface area contributed by atoms with E-state index in [1.54, 1.807) is 59.7 Å². The Kier molecular flexibility index (Phi) is 5.34. The summed E-state index contributed by atoms with van der Waals surface area (Å²) in [5.41, 5.74) is -0.853. The second-order valence-electron chi connectivity index (χ2n) is 8.71. The minimum absolute atomic E-state index is 0.142. The van der Waals surface area contributed by atoms with Crippen molar-refractivity contribution in [1.29, 1.82) is 0 Å². The van der Waals surface area contributed by atoms with E-state index in [0.717, 1.165) is 0 Å². The summed E-state index contributed by atoms with van der Waals surface area (Å²) in [7, 11) is 0.